The van der Waals surface area contributed by atoms with Crippen molar-refractivity contribution < 1.29 is 4.79 Å². The summed E-state index contributed by atoms with van der Waals surface area (Å²) in [4.78, 5) is 13.2. The molecule has 5 heteroatoms. The largest absolute Gasteiger partial charge is 0.325 e. The molecule has 0 saturated carbocycles. The quantitative estimate of drug-likeness (QED) is 0.928. The summed E-state index contributed by atoms with van der Waals surface area (Å²) >= 11 is 9.18. The van der Waals surface area contributed by atoms with Crippen molar-refractivity contribution in [3.8, 4) is 0 Å². The molecule has 0 bridgehead atoms. The second-order valence-electron chi connectivity index (χ2n) is 3.41. The van der Waals surface area contributed by atoms with Crippen molar-refractivity contribution >= 4 is 39.1 Å². The van der Waals surface area contributed by atoms with Gasteiger partial charge in [0.1, 0.15) is 0 Å². The topological polar surface area (TPSA) is 32.3 Å². The van der Waals surface area contributed by atoms with Gasteiger partial charge in [-0.3, -0.25) is 4.79 Å². The third kappa shape index (κ3) is 4.20. The average Bonchev–Trinajstić information content (AvgIpc) is 2.10. The highest BCUT2D eigenvalue weighted by atomic mass is 79.9. The smallest absolute Gasteiger partial charge is 0.238 e. The summed E-state index contributed by atoms with van der Waals surface area (Å²) in [6.45, 7) is 0.355. The first-order chi connectivity index (χ1) is 6.99. The van der Waals surface area contributed by atoms with E-state index in [4.69, 9.17) is 11.6 Å². The van der Waals surface area contributed by atoms with Crippen molar-refractivity contribution in [1.29, 1.82) is 0 Å². The van der Waals surface area contributed by atoms with E-state index >= 15 is 0 Å². The van der Waals surface area contributed by atoms with E-state index in [0.717, 1.165) is 4.47 Å². The fourth-order valence-corrected chi connectivity index (χ4v) is 1.49. The highest BCUT2D eigenvalue weighted by molar-refractivity contribution is 9.10. The lowest BCUT2D eigenvalue weighted by atomic mass is 10.3. The third-order valence-corrected chi connectivity index (χ3v) is 2.90. The first-order valence-corrected chi connectivity index (χ1v) is 5.56. The van der Waals surface area contributed by atoms with Crippen LogP contribution in [0.4, 0.5) is 5.69 Å². The van der Waals surface area contributed by atoms with E-state index in [9.17, 15) is 4.79 Å². The van der Waals surface area contributed by atoms with Crippen molar-refractivity contribution in [3.05, 3.63) is 27.7 Å². The molecule has 0 aromatic heterocycles. The normalized spacial score (nSPS) is 10.5. The van der Waals surface area contributed by atoms with Crippen LogP contribution in [-0.4, -0.2) is 31.4 Å². The number of likely N-dealkylation sites (N-methyl/N-ethyl adjacent to an activating group) is 1. The molecule has 0 aliphatic carbocycles. The molecule has 1 amide bonds. The summed E-state index contributed by atoms with van der Waals surface area (Å²) in [5, 5.41) is 3.34. The van der Waals surface area contributed by atoms with Gasteiger partial charge in [-0.05, 0) is 48.2 Å². The minimum atomic E-state index is -0.0570. The minimum absolute atomic E-state index is 0.0570. The highest BCUT2D eigenvalue weighted by Gasteiger charge is 2.04. The van der Waals surface area contributed by atoms with Gasteiger partial charge in [0.05, 0.1) is 11.6 Å². The number of carbonyl (C=O) groups is 1. The molecule has 3 nitrogen and oxygen atoms in total. The van der Waals surface area contributed by atoms with Gasteiger partial charge >= 0.3 is 0 Å². The number of hydrogen-bond donors (Lipinski definition) is 1. The Kier molecular flexibility index (Phi) is 4.57. The third-order valence-electron chi connectivity index (χ3n) is 1.66. The zero-order chi connectivity index (χ0) is 11.4. The Hall–Kier alpha value is -0.580. The van der Waals surface area contributed by atoms with Gasteiger partial charge in [-0.1, -0.05) is 11.6 Å². The van der Waals surface area contributed by atoms with E-state index in [1.54, 1.807) is 23.1 Å². The Balaban J connectivity index is 2.65. The van der Waals surface area contributed by atoms with Crippen LogP contribution in [-0.2, 0) is 4.79 Å². The lowest BCUT2D eigenvalue weighted by Gasteiger charge is -2.10. The fourth-order valence-electron chi connectivity index (χ4n) is 1.06. The minimum Gasteiger partial charge on any atom is -0.325 e. The van der Waals surface area contributed by atoms with E-state index in [2.05, 4.69) is 21.2 Å². The van der Waals surface area contributed by atoms with Crippen LogP contribution in [0.2, 0.25) is 5.02 Å². The SMILES string of the molecule is CN(C)CC(=O)Nc1ccc(Br)c(Cl)c1. The number of nitrogens with zero attached hydrogens (tertiary/aromatic N) is 1. The van der Waals surface area contributed by atoms with E-state index in [0.29, 0.717) is 17.3 Å². The van der Waals surface area contributed by atoms with Gasteiger partial charge in [0.15, 0.2) is 0 Å². The molecule has 0 aliphatic heterocycles. The van der Waals surface area contributed by atoms with Crippen LogP contribution in [0.5, 0.6) is 0 Å². The maximum atomic E-state index is 11.4. The summed E-state index contributed by atoms with van der Waals surface area (Å²) in [6.07, 6.45) is 0. The van der Waals surface area contributed by atoms with Gasteiger partial charge in [0.2, 0.25) is 5.91 Å². The summed E-state index contributed by atoms with van der Waals surface area (Å²) in [6, 6.07) is 5.30. The maximum Gasteiger partial charge on any atom is 0.238 e. The molecular weight excluding hydrogens is 279 g/mol. The molecule has 0 heterocycles. The van der Waals surface area contributed by atoms with Crippen molar-refractivity contribution in [2.24, 2.45) is 0 Å². The zero-order valence-electron chi connectivity index (χ0n) is 8.55. The molecule has 1 N–H and O–H groups in total. The standard InChI is InChI=1S/C10H12BrClN2O/c1-14(2)6-10(15)13-7-3-4-8(11)9(12)5-7/h3-5H,6H2,1-2H3,(H,13,15). The second-order valence-corrected chi connectivity index (χ2v) is 4.68. The molecule has 0 spiro atoms. The molecule has 1 rings (SSSR count). The number of amides is 1. The number of halogens is 2. The number of hydrogen-bond acceptors (Lipinski definition) is 2. The zero-order valence-corrected chi connectivity index (χ0v) is 10.9. The molecule has 0 saturated heterocycles. The summed E-state index contributed by atoms with van der Waals surface area (Å²) in [5.41, 5.74) is 0.704. The monoisotopic (exact) mass is 290 g/mol. The van der Waals surface area contributed by atoms with Gasteiger partial charge in [-0.2, -0.15) is 0 Å². The van der Waals surface area contributed by atoms with Gasteiger partial charge in [-0.15, -0.1) is 0 Å². The molecule has 15 heavy (non-hydrogen) atoms. The molecule has 1 aromatic rings. The van der Waals surface area contributed by atoms with Crippen LogP contribution >= 0.6 is 27.5 Å². The number of anilines is 1. The van der Waals surface area contributed by atoms with E-state index < -0.39 is 0 Å². The fraction of sp³-hybridized carbons (Fsp3) is 0.300. The van der Waals surface area contributed by atoms with Crippen molar-refractivity contribution in [3.63, 3.8) is 0 Å². The predicted octanol–water partition coefficient (Wildman–Crippen LogP) is 2.60. The van der Waals surface area contributed by atoms with Crippen molar-refractivity contribution in [2.75, 3.05) is 26.0 Å². The number of carbonyl (C=O) groups excluding carboxylic acids is 1. The number of benzene rings is 1. The Morgan fingerprint density at radius 2 is 2.20 bits per heavy atom. The van der Waals surface area contributed by atoms with Crippen LogP contribution in [0.3, 0.4) is 0 Å². The van der Waals surface area contributed by atoms with E-state index in [1.807, 2.05) is 14.1 Å². The van der Waals surface area contributed by atoms with Gasteiger partial charge in [0.25, 0.3) is 0 Å². The van der Waals surface area contributed by atoms with Crippen LogP contribution in [0.25, 0.3) is 0 Å². The van der Waals surface area contributed by atoms with Crippen LogP contribution < -0.4 is 5.32 Å². The Morgan fingerprint density at radius 3 is 2.73 bits per heavy atom. The van der Waals surface area contributed by atoms with Crippen LogP contribution in [0.1, 0.15) is 0 Å². The Bertz CT molecular complexity index is 368. The summed E-state index contributed by atoms with van der Waals surface area (Å²) in [7, 11) is 3.68. The number of rotatable bonds is 3. The van der Waals surface area contributed by atoms with Gasteiger partial charge in [0, 0.05) is 10.2 Å². The average molecular weight is 292 g/mol. The second kappa shape index (κ2) is 5.49. The van der Waals surface area contributed by atoms with E-state index in [1.165, 1.54) is 0 Å². The Labute approximate surface area is 103 Å². The van der Waals surface area contributed by atoms with E-state index in [-0.39, 0.29) is 5.91 Å². The molecule has 82 valence electrons. The molecule has 0 unspecified atom stereocenters. The van der Waals surface area contributed by atoms with Gasteiger partial charge in [-0.25, -0.2) is 0 Å². The first kappa shape index (κ1) is 12.5. The highest BCUT2D eigenvalue weighted by Crippen LogP contribution is 2.25. The summed E-state index contributed by atoms with van der Waals surface area (Å²) < 4.78 is 0.815. The predicted molar refractivity (Wildman–Crippen MR) is 66.3 cm³/mol. The lowest BCUT2D eigenvalue weighted by Crippen LogP contribution is -2.27. The van der Waals surface area contributed by atoms with Crippen molar-refractivity contribution in [1.82, 2.24) is 4.90 Å². The molecule has 1 aromatic carbocycles. The Morgan fingerprint density at radius 1 is 1.53 bits per heavy atom. The summed E-state index contributed by atoms with van der Waals surface area (Å²) in [5.74, 6) is -0.0570. The maximum absolute atomic E-state index is 11.4. The molecule has 0 atom stereocenters. The molecule has 0 radical (unpaired) electrons. The number of nitrogens with one attached hydrogen (secondary N) is 1. The molecule has 0 aliphatic rings. The lowest BCUT2D eigenvalue weighted by molar-refractivity contribution is -0.116. The van der Waals surface area contributed by atoms with Crippen molar-refractivity contribution in [2.45, 2.75) is 0 Å². The van der Waals surface area contributed by atoms with Crippen LogP contribution in [0, 0.1) is 0 Å². The first-order valence-electron chi connectivity index (χ1n) is 4.38. The van der Waals surface area contributed by atoms with Gasteiger partial charge < -0.3 is 10.2 Å². The van der Waals surface area contributed by atoms with Crippen LogP contribution in [0.15, 0.2) is 22.7 Å². The molecule has 0 fully saturated rings. The molecular formula is C10H12BrClN2O.